The summed E-state index contributed by atoms with van der Waals surface area (Å²) in [7, 11) is 0. The summed E-state index contributed by atoms with van der Waals surface area (Å²) in [6.07, 6.45) is 2.19. The van der Waals surface area contributed by atoms with Gasteiger partial charge in [-0.2, -0.15) is 0 Å². The molecule has 4 aromatic heterocycles. The van der Waals surface area contributed by atoms with Gasteiger partial charge in [0.05, 0.1) is 38.8 Å². The zero-order valence-corrected chi connectivity index (χ0v) is 32.9. The van der Waals surface area contributed by atoms with E-state index in [0.717, 1.165) is 94.2 Å². The van der Waals surface area contributed by atoms with E-state index in [4.69, 9.17) is 9.97 Å². The van der Waals surface area contributed by atoms with Gasteiger partial charge in [-0.3, -0.25) is 13.9 Å². The summed E-state index contributed by atoms with van der Waals surface area (Å²) in [5.74, 6) is 0.615. The second-order valence-electron chi connectivity index (χ2n) is 15.4. The summed E-state index contributed by atoms with van der Waals surface area (Å²) in [6, 6.07) is 70.5. The van der Waals surface area contributed by atoms with Crippen LogP contribution >= 0.6 is 0 Å². The summed E-state index contributed by atoms with van der Waals surface area (Å²) in [4.78, 5) is 25.6. The fourth-order valence-corrected chi connectivity index (χ4v) is 9.10. The molecule has 286 valence electrons. The van der Waals surface area contributed by atoms with Gasteiger partial charge in [0.2, 0.25) is 5.95 Å². The molecule has 61 heavy (non-hydrogen) atoms. The summed E-state index contributed by atoms with van der Waals surface area (Å²) in [5, 5.41) is 3.81. The monoisotopic (exact) mass is 781 g/mol. The number of aromatic nitrogens is 5. The van der Waals surface area contributed by atoms with E-state index in [1.165, 1.54) is 0 Å². The normalized spacial score (nSPS) is 11.7. The minimum absolute atomic E-state index is 0.0780. The van der Waals surface area contributed by atoms with E-state index in [1.807, 2.05) is 77.4 Å². The lowest BCUT2D eigenvalue weighted by molar-refractivity contribution is 1.00. The molecule has 0 saturated heterocycles. The lowest BCUT2D eigenvalue weighted by Crippen LogP contribution is -2.21. The first kappa shape index (κ1) is 34.7. The van der Waals surface area contributed by atoms with Crippen LogP contribution in [0.25, 0.3) is 106 Å². The fourth-order valence-electron chi connectivity index (χ4n) is 9.10. The van der Waals surface area contributed by atoms with E-state index in [2.05, 4.69) is 149 Å². The molecule has 0 bridgehead atoms. The molecule has 4 heterocycles. The van der Waals surface area contributed by atoms with Crippen LogP contribution < -0.4 is 5.56 Å². The number of rotatable bonds is 6. The lowest BCUT2D eigenvalue weighted by Gasteiger charge is -2.15. The Hall–Kier alpha value is -8.35. The molecule has 0 saturated carbocycles. The Morgan fingerprint density at radius 2 is 0.951 bits per heavy atom. The quantitative estimate of drug-likeness (QED) is 0.169. The number of benzene rings is 8. The summed E-state index contributed by atoms with van der Waals surface area (Å²) in [5.41, 5.74) is 13.4. The van der Waals surface area contributed by atoms with Crippen molar-refractivity contribution in [3.8, 4) is 56.3 Å². The van der Waals surface area contributed by atoms with Gasteiger partial charge < -0.3 is 4.40 Å². The topological polar surface area (TPSA) is 57.1 Å². The molecule has 0 aliphatic heterocycles. The molecule has 0 N–H and O–H groups in total. The van der Waals surface area contributed by atoms with Crippen LogP contribution in [0.4, 0.5) is 0 Å². The van der Waals surface area contributed by atoms with Gasteiger partial charge in [-0.05, 0) is 70.8 Å². The van der Waals surface area contributed by atoms with Gasteiger partial charge in [0.25, 0.3) is 5.56 Å². The Labute approximate surface area is 350 Å². The average Bonchev–Trinajstić information content (AvgIpc) is 3.89. The molecule has 0 fully saturated rings. The Balaban J connectivity index is 1.08. The third kappa shape index (κ3) is 5.54. The van der Waals surface area contributed by atoms with E-state index in [-0.39, 0.29) is 5.56 Å². The molecule has 0 aliphatic carbocycles. The Morgan fingerprint density at radius 3 is 1.67 bits per heavy atom. The smallest absolute Gasteiger partial charge is 0.266 e. The van der Waals surface area contributed by atoms with Crippen LogP contribution in [0.3, 0.4) is 0 Å². The minimum Gasteiger partial charge on any atom is -0.301 e. The molecule has 0 spiro atoms. The highest BCUT2D eigenvalue weighted by atomic mass is 16.1. The maximum atomic E-state index is 15.2. The minimum atomic E-state index is -0.0780. The molecule has 12 rings (SSSR count). The highest BCUT2D eigenvalue weighted by Crippen LogP contribution is 2.40. The van der Waals surface area contributed by atoms with Crippen molar-refractivity contribution in [2.24, 2.45) is 0 Å². The highest BCUT2D eigenvalue weighted by Gasteiger charge is 2.23. The Morgan fingerprint density at radius 1 is 0.393 bits per heavy atom. The number of nitrogens with zero attached hydrogens (tertiary/aromatic N) is 5. The molecule has 0 atom stereocenters. The van der Waals surface area contributed by atoms with Crippen molar-refractivity contribution < 1.29 is 0 Å². The first-order valence-corrected chi connectivity index (χ1v) is 20.5. The number of hydrogen-bond acceptors (Lipinski definition) is 3. The lowest BCUT2D eigenvalue weighted by atomic mass is 9.98. The maximum absolute atomic E-state index is 15.2. The number of fused-ring (bicyclic) bond motifs is 7. The third-order valence-corrected chi connectivity index (χ3v) is 11.9. The number of para-hydroxylation sites is 3. The first-order chi connectivity index (χ1) is 30.2. The second kappa shape index (κ2) is 13.9. The van der Waals surface area contributed by atoms with Gasteiger partial charge in [0, 0.05) is 39.0 Å². The highest BCUT2D eigenvalue weighted by molar-refractivity contribution is 6.10. The van der Waals surface area contributed by atoms with Crippen molar-refractivity contribution in [3.05, 3.63) is 223 Å². The fraction of sp³-hybridized carbons (Fsp3) is 0. The molecule has 0 aliphatic rings. The summed E-state index contributed by atoms with van der Waals surface area (Å²) >= 11 is 0. The Bertz CT molecular complexity index is 3700. The van der Waals surface area contributed by atoms with Gasteiger partial charge >= 0.3 is 0 Å². The van der Waals surface area contributed by atoms with Crippen molar-refractivity contribution in [1.82, 2.24) is 23.5 Å². The van der Waals surface area contributed by atoms with Crippen LogP contribution in [0.5, 0.6) is 0 Å². The van der Waals surface area contributed by atoms with Crippen molar-refractivity contribution in [1.29, 1.82) is 0 Å². The van der Waals surface area contributed by atoms with Gasteiger partial charge in [-0.15, -0.1) is 0 Å². The molecular weight excluding hydrogens is 747 g/mol. The third-order valence-electron chi connectivity index (χ3n) is 11.9. The van der Waals surface area contributed by atoms with Crippen molar-refractivity contribution in [3.63, 3.8) is 0 Å². The number of hydrogen-bond donors (Lipinski definition) is 0. The first-order valence-electron chi connectivity index (χ1n) is 20.5. The second-order valence-corrected chi connectivity index (χ2v) is 15.4. The van der Waals surface area contributed by atoms with Gasteiger partial charge in [-0.25, -0.2) is 9.97 Å². The van der Waals surface area contributed by atoms with Crippen LogP contribution in [0.1, 0.15) is 0 Å². The molecule has 8 aromatic carbocycles. The van der Waals surface area contributed by atoms with Gasteiger partial charge in [-0.1, -0.05) is 158 Å². The maximum Gasteiger partial charge on any atom is 0.266 e. The average molecular weight is 782 g/mol. The standard InChI is InChI=1S/C55H35N5O/c61-54-45-34-40(29-31-48(45)58-35-46(36-17-5-1-6-18-36)51(37-19-7-2-8-20-37)53(58)59(54)41-23-11-4-12-24-41)39-30-32-50-44(33-39)42-25-14-16-28-49(42)60(50)55-56-47-27-15-13-26-43(47)52(57-55)38-21-9-3-10-22-38/h1-35H. The predicted molar refractivity (Wildman–Crippen MR) is 250 cm³/mol. The van der Waals surface area contributed by atoms with Crippen LogP contribution in [0.2, 0.25) is 0 Å². The molecule has 12 aromatic rings. The molecule has 0 amide bonds. The van der Waals surface area contributed by atoms with Gasteiger partial charge in [0.1, 0.15) is 5.65 Å². The zero-order chi connectivity index (χ0) is 40.4. The van der Waals surface area contributed by atoms with E-state index in [0.29, 0.717) is 11.3 Å². The van der Waals surface area contributed by atoms with E-state index < -0.39 is 0 Å². The SMILES string of the molecule is O=c1c2cc(-c3ccc4c(c3)c3ccccc3n4-c3nc(-c4ccccc4)c4ccccc4n3)ccc2n2cc(-c3ccccc3)c(-c3ccccc3)c2n1-c1ccccc1. The summed E-state index contributed by atoms with van der Waals surface area (Å²) in [6.45, 7) is 0. The molecule has 0 radical (unpaired) electrons. The van der Waals surface area contributed by atoms with Crippen molar-refractivity contribution in [2.75, 3.05) is 0 Å². The largest absolute Gasteiger partial charge is 0.301 e. The molecule has 6 heteroatoms. The van der Waals surface area contributed by atoms with Crippen LogP contribution in [-0.2, 0) is 0 Å². The molecule has 6 nitrogen and oxygen atoms in total. The zero-order valence-electron chi connectivity index (χ0n) is 32.9. The van der Waals surface area contributed by atoms with E-state index in [9.17, 15) is 0 Å². The van der Waals surface area contributed by atoms with Gasteiger partial charge in [0.15, 0.2) is 0 Å². The van der Waals surface area contributed by atoms with Crippen LogP contribution in [0.15, 0.2) is 217 Å². The van der Waals surface area contributed by atoms with Crippen LogP contribution in [-0.4, -0.2) is 23.5 Å². The van der Waals surface area contributed by atoms with Crippen LogP contribution in [0, 0.1) is 0 Å². The molecule has 0 unspecified atom stereocenters. The van der Waals surface area contributed by atoms with Crippen molar-refractivity contribution in [2.45, 2.75) is 0 Å². The summed E-state index contributed by atoms with van der Waals surface area (Å²) < 4.78 is 6.25. The van der Waals surface area contributed by atoms with E-state index in [1.54, 1.807) is 0 Å². The predicted octanol–water partition coefficient (Wildman–Crippen LogP) is 13.0. The Kier molecular flexibility index (Phi) is 7.90. The van der Waals surface area contributed by atoms with Crippen molar-refractivity contribution >= 4 is 49.3 Å². The van der Waals surface area contributed by atoms with E-state index >= 15 is 4.79 Å². The molecular formula is C55H35N5O.